The summed E-state index contributed by atoms with van der Waals surface area (Å²) in [4.78, 5) is 0. The van der Waals surface area contributed by atoms with Crippen LogP contribution >= 0.6 is 11.6 Å². The Bertz CT molecular complexity index is 351. The summed E-state index contributed by atoms with van der Waals surface area (Å²) in [6.45, 7) is 4.77. The van der Waals surface area contributed by atoms with Gasteiger partial charge in [0.25, 0.3) is 0 Å². The number of hydrogen-bond donors (Lipinski definition) is 0. The lowest BCUT2D eigenvalue weighted by Crippen LogP contribution is -2.10. The van der Waals surface area contributed by atoms with Gasteiger partial charge in [0, 0.05) is 5.56 Å². The number of alkyl halides is 1. The lowest BCUT2D eigenvalue weighted by Gasteiger charge is -2.12. The first-order chi connectivity index (χ1) is 7.20. The Morgan fingerprint density at radius 3 is 2.73 bits per heavy atom. The van der Waals surface area contributed by atoms with Crippen molar-refractivity contribution >= 4 is 11.6 Å². The van der Waals surface area contributed by atoms with E-state index in [2.05, 4.69) is 26.0 Å². The normalized spacial score (nSPS) is 25.8. The number of ether oxygens (including phenoxy) is 2. The highest BCUT2D eigenvalue weighted by Crippen LogP contribution is 2.28. The van der Waals surface area contributed by atoms with Crippen molar-refractivity contribution in [2.75, 3.05) is 12.5 Å². The monoisotopic (exact) mass is 226 g/mol. The highest BCUT2D eigenvalue weighted by molar-refractivity contribution is 6.18. The summed E-state index contributed by atoms with van der Waals surface area (Å²) in [6, 6.07) is 6.24. The lowest BCUT2D eigenvalue weighted by atomic mass is 10.1. The van der Waals surface area contributed by atoms with Gasteiger partial charge in [-0.15, -0.1) is 11.6 Å². The lowest BCUT2D eigenvalue weighted by molar-refractivity contribution is -0.0567. The first-order valence-electron chi connectivity index (χ1n) is 5.11. The van der Waals surface area contributed by atoms with Gasteiger partial charge >= 0.3 is 0 Å². The number of rotatable bonds is 2. The van der Waals surface area contributed by atoms with E-state index in [1.165, 1.54) is 11.1 Å². The zero-order valence-electron chi connectivity index (χ0n) is 9.00. The molecule has 1 aliphatic heterocycles. The fourth-order valence-corrected chi connectivity index (χ4v) is 1.78. The molecule has 0 aliphatic carbocycles. The van der Waals surface area contributed by atoms with Crippen LogP contribution in [0.1, 0.15) is 23.0 Å². The van der Waals surface area contributed by atoms with Gasteiger partial charge in [0.15, 0.2) is 6.29 Å². The van der Waals surface area contributed by atoms with Crippen molar-refractivity contribution in [1.82, 2.24) is 0 Å². The Labute approximate surface area is 95.1 Å². The average molecular weight is 227 g/mol. The molecule has 1 aromatic carbocycles. The molecule has 1 heterocycles. The second-order valence-electron chi connectivity index (χ2n) is 3.92. The van der Waals surface area contributed by atoms with Gasteiger partial charge in [0.2, 0.25) is 0 Å². The summed E-state index contributed by atoms with van der Waals surface area (Å²) in [5, 5.41) is 0. The Morgan fingerprint density at radius 2 is 2.13 bits per heavy atom. The molecule has 1 aromatic rings. The molecule has 0 bridgehead atoms. The van der Waals surface area contributed by atoms with Gasteiger partial charge in [-0.2, -0.15) is 0 Å². The maximum Gasteiger partial charge on any atom is 0.184 e. The van der Waals surface area contributed by atoms with E-state index < -0.39 is 0 Å². The van der Waals surface area contributed by atoms with E-state index in [1.54, 1.807) is 0 Å². The Morgan fingerprint density at radius 1 is 1.33 bits per heavy atom. The summed E-state index contributed by atoms with van der Waals surface area (Å²) >= 11 is 5.71. The summed E-state index contributed by atoms with van der Waals surface area (Å²) in [7, 11) is 0. The van der Waals surface area contributed by atoms with Gasteiger partial charge in [-0.25, -0.2) is 0 Å². The molecule has 1 saturated heterocycles. The molecule has 2 nitrogen and oxygen atoms in total. The fraction of sp³-hybridized carbons (Fsp3) is 0.500. The van der Waals surface area contributed by atoms with Gasteiger partial charge < -0.3 is 9.47 Å². The first kappa shape index (κ1) is 10.9. The minimum atomic E-state index is -0.243. The third-order valence-corrected chi connectivity index (χ3v) is 3.07. The van der Waals surface area contributed by atoms with Crippen molar-refractivity contribution < 1.29 is 9.47 Å². The van der Waals surface area contributed by atoms with E-state index in [0.717, 1.165) is 5.56 Å². The highest BCUT2D eigenvalue weighted by atomic mass is 35.5. The van der Waals surface area contributed by atoms with Crippen LogP contribution in [0.2, 0.25) is 0 Å². The quantitative estimate of drug-likeness (QED) is 0.722. The van der Waals surface area contributed by atoms with Gasteiger partial charge in [-0.05, 0) is 25.0 Å². The maximum atomic E-state index is 5.71. The van der Waals surface area contributed by atoms with Crippen molar-refractivity contribution in [3.8, 4) is 0 Å². The molecule has 3 heteroatoms. The molecular formula is C12H15ClO2. The third-order valence-electron chi connectivity index (χ3n) is 2.72. The van der Waals surface area contributed by atoms with Crippen LogP contribution in [0.3, 0.4) is 0 Å². The van der Waals surface area contributed by atoms with E-state index in [1.807, 2.05) is 6.07 Å². The SMILES string of the molecule is Cc1ccc(C2OCC(CCl)O2)cc1C. The van der Waals surface area contributed by atoms with Gasteiger partial charge in [0.1, 0.15) is 0 Å². The molecule has 1 aliphatic rings. The summed E-state index contributed by atoms with van der Waals surface area (Å²) in [5.41, 5.74) is 3.62. The minimum Gasteiger partial charge on any atom is -0.346 e. The van der Waals surface area contributed by atoms with Gasteiger partial charge in [0.05, 0.1) is 18.6 Å². The van der Waals surface area contributed by atoms with E-state index in [0.29, 0.717) is 12.5 Å². The Kier molecular flexibility index (Phi) is 3.29. The summed E-state index contributed by atoms with van der Waals surface area (Å²) in [5.74, 6) is 0.487. The number of halogens is 1. The maximum absolute atomic E-state index is 5.71. The Balaban J connectivity index is 2.13. The van der Waals surface area contributed by atoms with Crippen molar-refractivity contribution in [2.24, 2.45) is 0 Å². The largest absolute Gasteiger partial charge is 0.346 e. The van der Waals surface area contributed by atoms with E-state index in [-0.39, 0.29) is 12.4 Å². The molecule has 82 valence electrons. The zero-order chi connectivity index (χ0) is 10.8. The van der Waals surface area contributed by atoms with Crippen LogP contribution in [0, 0.1) is 13.8 Å². The molecule has 0 N–H and O–H groups in total. The topological polar surface area (TPSA) is 18.5 Å². The second-order valence-corrected chi connectivity index (χ2v) is 4.23. The van der Waals surface area contributed by atoms with Crippen LogP contribution in [0.15, 0.2) is 18.2 Å². The second kappa shape index (κ2) is 4.52. The first-order valence-corrected chi connectivity index (χ1v) is 5.64. The smallest absolute Gasteiger partial charge is 0.184 e. The molecule has 2 atom stereocenters. The fourth-order valence-electron chi connectivity index (χ4n) is 1.62. The van der Waals surface area contributed by atoms with E-state index >= 15 is 0 Å². The molecule has 2 rings (SSSR count). The summed E-state index contributed by atoms with van der Waals surface area (Å²) < 4.78 is 11.2. The van der Waals surface area contributed by atoms with Crippen molar-refractivity contribution in [3.05, 3.63) is 34.9 Å². The molecule has 0 radical (unpaired) electrons. The number of benzene rings is 1. The van der Waals surface area contributed by atoms with Crippen LogP contribution in [0.25, 0.3) is 0 Å². The van der Waals surface area contributed by atoms with Crippen LogP contribution in [-0.2, 0) is 9.47 Å². The van der Waals surface area contributed by atoms with E-state index in [4.69, 9.17) is 21.1 Å². The van der Waals surface area contributed by atoms with Crippen LogP contribution in [0.4, 0.5) is 0 Å². The van der Waals surface area contributed by atoms with Crippen LogP contribution < -0.4 is 0 Å². The zero-order valence-corrected chi connectivity index (χ0v) is 9.75. The van der Waals surface area contributed by atoms with Crippen molar-refractivity contribution in [1.29, 1.82) is 0 Å². The third kappa shape index (κ3) is 2.33. The van der Waals surface area contributed by atoms with Crippen LogP contribution in [-0.4, -0.2) is 18.6 Å². The van der Waals surface area contributed by atoms with Gasteiger partial charge in [-0.1, -0.05) is 18.2 Å². The number of hydrogen-bond acceptors (Lipinski definition) is 2. The predicted molar refractivity (Wildman–Crippen MR) is 60.2 cm³/mol. The molecular weight excluding hydrogens is 212 g/mol. The van der Waals surface area contributed by atoms with E-state index in [9.17, 15) is 0 Å². The standard InChI is InChI=1S/C12H15ClO2/c1-8-3-4-10(5-9(8)2)12-14-7-11(6-13)15-12/h3-5,11-12H,6-7H2,1-2H3. The van der Waals surface area contributed by atoms with Crippen molar-refractivity contribution in [3.63, 3.8) is 0 Å². The molecule has 0 spiro atoms. The van der Waals surface area contributed by atoms with Gasteiger partial charge in [-0.3, -0.25) is 0 Å². The molecule has 15 heavy (non-hydrogen) atoms. The predicted octanol–water partition coefficient (Wildman–Crippen LogP) is 2.96. The number of aryl methyl sites for hydroxylation is 2. The summed E-state index contributed by atoms with van der Waals surface area (Å²) in [6.07, 6.45) is -0.216. The molecule has 0 saturated carbocycles. The Hall–Kier alpha value is -0.570. The molecule has 1 fully saturated rings. The molecule has 0 amide bonds. The highest BCUT2D eigenvalue weighted by Gasteiger charge is 2.26. The average Bonchev–Trinajstić information content (AvgIpc) is 2.70. The molecule has 0 aromatic heterocycles. The van der Waals surface area contributed by atoms with Crippen LogP contribution in [0.5, 0.6) is 0 Å². The minimum absolute atomic E-state index is 0.0262. The van der Waals surface area contributed by atoms with Crippen molar-refractivity contribution in [2.45, 2.75) is 26.2 Å². The molecule has 2 unspecified atom stereocenters.